The summed E-state index contributed by atoms with van der Waals surface area (Å²) >= 11 is 5.99. The van der Waals surface area contributed by atoms with Crippen LogP contribution in [0.15, 0.2) is 42.5 Å². The zero-order chi connectivity index (χ0) is 21.6. The first-order chi connectivity index (χ1) is 13.7. The van der Waals surface area contributed by atoms with Gasteiger partial charge in [-0.05, 0) is 48.7 Å². The normalized spacial score (nSPS) is 12.9. The third kappa shape index (κ3) is 6.48. The zero-order valence-electron chi connectivity index (χ0n) is 17.5. The Morgan fingerprint density at radius 1 is 1.07 bits per heavy atom. The van der Waals surface area contributed by atoms with Crippen LogP contribution in [0, 0.1) is 0 Å². The molecule has 2 amide bonds. The Labute approximate surface area is 177 Å². The van der Waals surface area contributed by atoms with Crippen molar-refractivity contribution in [3.8, 4) is 5.75 Å². The average Bonchev–Trinajstić information content (AvgIpc) is 2.67. The molecular weight excluding hydrogens is 390 g/mol. The van der Waals surface area contributed by atoms with Crippen molar-refractivity contribution in [1.82, 2.24) is 0 Å². The summed E-state index contributed by atoms with van der Waals surface area (Å²) in [5.74, 6) is 0.582. The van der Waals surface area contributed by atoms with Gasteiger partial charge >= 0.3 is 0 Å². The van der Waals surface area contributed by atoms with Gasteiger partial charge in [-0.3, -0.25) is 9.59 Å². The molecule has 0 fully saturated rings. The van der Waals surface area contributed by atoms with Gasteiger partial charge < -0.3 is 20.3 Å². The van der Waals surface area contributed by atoms with Crippen LogP contribution in [0.1, 0.15) is 32.3 Å². The van der Waals surface area contributed by atoms with Gasteiger partial charge in [0.2, 0.25) is 0 Å². The number of rotatable bonds is 8. The second-order valence-electron chi connectivity index (χ2n) is 7.40. The fourth-order valence-electron chi connectivity index (χ4n) is 2.80. The van der Waals surface area contributed by atoms with Crippen LogP contribution in [0.4, 0.5) is 11.4 Å². The summed E-state index contributed by atoms with van der Waals surface area (Å²) in [6, 6.07) is 12.4. The number of hydrogen-bond acceptors (Lipinski definition) is 3. The van der Waals surface area contributed by atoms with E-state index in [1.54, 1.807) is 32.2 Å². The van der Waals surface area contributed by atoms with E-state index in [9.17, 15) is 9.59 Å². The maximum atomic E-state index is 12.6. The molecule has 29 heavy (non-hydrogen) atoms. The quantitative estimate of drug-likeness (QED) is 0.617. The first-order valence-corrected chi connectivity index (χ1v) is 9.95. The van der Waals surface area contributed by atoms with Gasteiger partial charge in [0.1, 0.15) is 5.75 Å². The summed E-state index contributed by atoms with van der Waals surface area (Å²) in [6.07, 6.45) is 0. The van der Waals surface area contributed by atoms with Crippen LogP contribution in [0.2, 0.25) is 5.02 Å². The molecule has 2 atom stereocenters. The van der Waals surface area contributed by atoms with Crippen LogP contribution >= 0.6 is 11.6 Å². The van der Waals surface area contributed by atoms with E-state index in [1.165, 1.54) is 12.7 Å². The van der Waals surface area contributed by atoms with Gasteiger partial charge in [-0.1, -0.05) is 37.6 Å². The molecule has 0 spiro atoms. The summed E-state index contributed by atoms with van der Waals surface area (Å²) in [5, 5.41) is 6.20. The molecule has 0 aliphatic rings. The van der Waals surface area contributed by atoms with Crippen molar-refractivity contribution in [2.75, 3.05) is 31.3 Å². The van der Waals surface area contributed by atoms with Crippen molar-refractivity contribution in [2.45, 2.75) is 32.7 Å². The topological polar surface area (TPSA) is 71.9 Å². The predicted molar refractivity (Wildman–Crippen MR) is 117 cm³/mol. The molecule has 6 nitrogen and oxygen atoms in total. The van der Waals surface area contributed by atoms with E-state index < -0.39 is 6.04 Å². The Morgan fingerprint density at radius 3 is 2.31 bits per heavy atom. The SMILES string of the molecule is COc1ccc(Cl)cc1NC(=O)C[NH+](C)[C@@H](C)C(=O)Nc1ccc(C(C)C)cc1. The van der Waals surface area contributed by atoms with Gasteiger partial charge in [0, 0.05) is 10.7 Å². The summed E-state index contributed by atoms with van der Waals surface area (Å²) < 4.78 is 5.24. The maximum Gasteiger partial charge on any atom is 0.282 e. The summed E-state index contributed by atoms with van der Waals surface area (Å²) in [4.78, 5) is 25.7. The fourth-order valence-corrected chi connectivity index (χ4v) is 2.98. The largest absolute Gasteiger partial charge is 0.495 e. The molecular formula is C22H29ClN3O3+. The number of likely N-dealkylation sites (N-methyl/N-ethyl adjacent to an activating group) is 1. The molecule has 0 bridgehead atoms. The van der Waals surface area contributed by atoms with E-state index >= 15 is 0 Å². The van der Waals surface area contributed by atoms with Crippen LogP contribution in [0.5, 0.6) is 5.75 Å². The van der Waals surface area contributed by atoms with Crippen molar-refractivity contribution in [3.63, 3.8) is 0 Å². The molecule has 0 aliphatic heterocycles. The third-order valence-corrected chi connectivity index (χ3v) is 5.09. The molecule has 2 aromatic carbocycles. The molecule has 2 aromatic rings. The van der Waals surface area contributed by atoms with Crippen LogP contribution in [-0.4, -0.2) is 38.6 Å². The highest BCUT2D eigenvalue weighted by Gasteiger charge is 2.24. The highest BCUT2D eigenvalue weighted by molar-refractivity contribution is 6.31. The lowest BCUT2D eigenvalue weighted by molar-refractivity contribution is -0.885. The Morgan fingerprint density at radius 2 is 1.72 bits per heavy atom. The minimum Gasteiger partial charge on any atom is -0.495 e. The van der Waals surface area contributed by atoms with Crippen molar-refractivity contribution < 1.29 is 19.2 Å². The predicted octanol–water partition coefficient (Wildman–Crippen LogP) is 2.95. The Kier molecular flexibility index (Phi) is 8.05. The number of ether oxygens (including phenoxy) is 1. The van der Waals surface area contributed by atoms with Crippen molar-refractivity contribution >= 4 is 34.8 Å². The molecule has 1 unspecified atom stereocenters. The molecule has 0 heterocycles. The Balaban J connectivity index is 1.93. The molecule has 2 rings (SSSR count). The van der Waals surface area contributed by atoms with Gasteiger partial charge in [0.25, 0.3) is 11.8 Å². The maximum absolute atomic E-state index is 12.6. The molecule has 156 valence electrons. The summed E-state index contributed by atoms with van der Waals surface area (Å²) in [7, 11) is 3.33. The van der Waals surface area contributed by atoms with E-state index in [0.717, 1.165) is 10.6 Å². The number of halogens is 1. The Hall–Kier alpha value is -2.57. The number of amides is 2. The van der Waals surface area contributed by atoms with Crippen LogP contribution in [0.25, 0.3) is 0 Å². The van der Waals surface area contributed by atoms with Crippen LogP contribution in [0.3, 0.4) is 0 Å². The standard InChI is InChI=1S/C22H28ClN3O3/c1-14(2)16-6-9-18(10-7-16)24-22(28)15(3)26(4)13-21(27)25-19-12-17(23)8-11-20(19)29-5/h6-12,14-15H,13H2,1-5H3,(H,24,28)(H,25,27)/p+1/t15-/m0/s1. The molecule has 0 aliphatic carbocycles. The summed E-state index contributed by atoms with van der Waals surface area (Å²) in [5.41, 5.74) is 2.46. The number of carbonyl (C=O) groups is 2. The Bertz CT molecular complexity index is 853. The van der Waals surface area contributed by atoms with Crippen LogP contribution < -0.4 is 20.3 Å². The third-order valence-electron chi connectivity index (χ3n) is 4.85. The lowest BCUT2D eigenvalue weighted by Crippen LogP contribution is -3.14. The highest BCUT2D eigenvalue weighted by Crippen LogP contribution is 2.27. The van der Waals surface area contributed by atoms with Gasteiger partial charge in [0.05, 0.1) is 19.8 Å². The molecule has 3 N–H and O–H groups in total. The van der Waals surface area contributed by atoms with E-state index in [4.69, 9.17) is 16.3 Å². The number of anilines is 2. The molecule has 0 aromatic heterocycles. The molecule has 0 saturated carbocycles. The first kappa shape index (κ1) is 22.7. The van der Waals surface area contributed by atoms with Crippen molar-refractivity contribution in [2.24, 2.45) is 0 Å². The van der Waals surface area contributed by atoms with E-state index in [-0.39, 0.29) is 18.4 Å². The highest BCUT2D eigenvalue weighted by atomic mass is 35.5. The van der Waals surface area contributed by atoms with Gasteiger partial charge in [-0.15, -0.1) is 0 Å². The molecule has 7 heteroatoms. The number of benzene rings is 2. The second kappa shape index (κ2) is 10.3. The lowest BCUT2D eigenvalue weighted by Gasteiger charge is -2.21. The zero-order valence-corrected chi connectivity index (χ0v) is 18.3. The first-order valence-electron chi connectivity index (χ1n) is 9.57. The number of methoxy groups -OCH3 is 1. The van der Waals surface area contributed by atoms with Gasteiger partial charge in [-0.2, -0.15) is 0 Å². The molecule has 0 saturated heterocycles. The molecule has 0 radical (unpaired) electrons. The van der Waals surface area contributed by atoms with E-state index in [2.05, 4.69) is 24.5 Å². The minimum atomic E-state index is -0.410. The smallest absolute Gasteiger partial charge is 0.282 e. The number of hydrogen-bond donors (Lipinski definition) is 3. The van der Waals surface area contributed by atoms with Crippen molar-refractivity contribution in [3.05, 3.63) is 53.1 Å². The van der Waals surface area contributed by atoms with E-state index in [1.807, 2.05) is 24.3 Å². The number of nitrogens with one attached hydrogen (secondary N) is 3. The minimum absolute atomic E-state index is 0.122. The number of carbonyl (C=O) groups excluding carboxylic acids is 2. The monoisotopic (exact) mass is 418 g/mol. The number of quaternary nitrogens is 1. The van der Waals surface area contributed by atoms with Crippen LogP contribution in [-0.2, 0) is 9.59 Å². The fraction of sp³-hybridized carbons (Fsp3) is 0.364. The van der Waals surface area contributed by atoms with Gasteiger partial charge in [-0.25, -0.2) is 0 Å². The second-order valence-corrected chi connectivity index (χ2v) is 7.84. The summed E-state index contributed by atoms with van der Waals surface area (Å²) in [6.45, 7) is 6.16. The van der Waals surface area contributed by atoms with Gasteiger partial charge in [0.15, 0.2) is 12.6 Å². The average molecular weight is 419 g/mol. The lowest BCUT2D eigenvalue weighted by atomic mass is 10.0. The van der Waals surface area contributed by atoms with E-state index in [0.29, 0.717) is 22.4 Å². The van der Waals surface area contributed by atoms with Crippen molar-refractivity contribution in [1.29, 1.82) is 0 Å².